The molecule has 1 aliphatic rings. The average Bonchev–Trinajstić information content (AvgIpc) is 3.18. The van der Waals surface area contributed by atoms with Crippen LogP contribution in [0.2, 0.25) is 0 Å². The fraction of sp³-hybridized carbons (Fsp3) is 0.400. The van der Waals surface area contributed by atoms with E-state index in [1.807, 2.05) is 0 Å². The topological polar surface area (TPSA) is 24.3 Å². The van der Waals surface area contributed by atoms with E-state index in [-0.39, 0.29) is 0 Å². The van der Waals surface area contributed by atoms with E-state index in [2.05, 4.69) is 88.1 Å². The molecule has 2 aromatic carbocycles. The number of nitrogens with zero attached hydrogens (tertiary/aromatic N) is 4. The molecule has 3 aromatic rings. The molecular formula is C25H32N4. The van der Waals surface area contributed by atoms with Crippen molar-refractivity contribution >= 4 is 5.69 Å². The lowest BCUT2D eigenvalue weighted by Crippen LogP contribution is -2.46. The van der Waals surface area contributed by atoms with Gasteiger partial charge in [-0.05, 0) is 56.1 Å². The molecule has 152 valence electrons. The highest BCUT2D eigenvalue weighted by Gasteiger charge is 2.17. The second-order valence-corrected chi connectivity index (χ2v) is 7.89. The van der Waals surface area contributed by atoms with Gasteiger partial charge in [0, 0.05) is 37.6 Å². The Bertz CT molecular complexity index is 864. The van der Waals surface area contributed by atoms with Gasteiger partial charge in [-0.25, -0.2) is 4.68 Å². The van der Waals surface area contributed by atoms with Gasteiger partial charge in [0.25, 0.3) is 0 Å². The Morgan fingerprint density at radius 2 is 1.45 bits per heavy atom. The molecule has 0 saturated carbocycles. The van der Waals surface area contributed by atoms with E-state index >= 15 is 0 Å². The van der Waals surface area contributed by atoms with Gasteiger partial charge in [0.15, 0.2) is 0 Å². The lowest BCUT2D eigenvalue weighted by atomic mass is 10.1. The second kappa shape index (κ2) is 9.75. The third-order valence-corrected chi connectivity index (χ3v) is 5.74. The summed E-state index contributed by atoms with van der Waals surface area (Å²) >= 11 is 0. The molecule has 0 aliphatic carbocycles. The van der Waals surface area contributed by atoms with Gasteiger partial charge in [-0.2, -0.15) is 5.10 Å². The van der Waals surface area contributed by atoms with Gasteiger partial charge in [0.05, 0.1) is 11.4 Å². The SMILES string of the molecule is CCCc1cc(CCCN2CCN(c3ccccc3)CC2)n(-c2ccccc2)n1. The Morgan fingerprint density at radius 3 is 2.10 bits per heavy atom. The molecule has 4 heteroatoms. The Hall–Kier alpha value is -2.59. The molecule has 4 nitrogen and oxygen atoms in total. The van der Waals surface area contributed by atoms with Crippen molar-refractivity contribution in [2.24, 2.45) is 0 Å². The maximum Gasteiger partial charge on any atom is 0.0648 e. The average molecular weight is 389 g/mol. The van der Waals surface area contributed by atoms with Crippen LogP contribution in [0.4, 0.5) is 5.69 Å². The molecule has 0 spiro atoms. The fourth-order valence-corrected chi connectivity index (χ4v) is 4.18. The molecular weight excluding hydrogens is 356 g/mol. The molecule has 1 aromatic heterocycles. The lowest BCUT2D eigenvalue weighted by molar-refractivity contribution is 0.254. The lowest BCUT2D eigenvalue weighted by Gasteiger charge is -2.36. The predicted molar refractivity (Wildman–Crippen MR) is 121 cm³/mol. The first kappa shape index (κ1) is 19.7. The summed E-state index contributed by atoms with van der Waals surface area (Å²) in [6.45, 7) is 7.91. The van der Waals surface area contributed by atoms with Crippen LogP contribution in [0.25, 0.3) is 5.69 Å². The first-order chi connectivity index (χ1) is 14.3. The normalized spacial score (nSPS) is 15.0. The van der Waals surface area contributed by atoms with Gasteiger partial charge in [-0.15, -0.1) is 0 Å². The highest BCUT2D eigenvalue weighted by Crippen LogP contribution is 2.18. The van der Waals surface area contributed by atoms with Crippen LogP contribution in [-0.4, -0.2) is 47.4 Å². The standard InChI is InChI=1S/C25H32N4/c1-2-10-22-21-25(29(26-22)24-13-7-4-8-14-24)15-9-16-27-17-19-28(20-18-27)23-11-5-3-6-12-23/h3-8,11-14,21H,2,9-10,15-20H2,1H3. The van der Waals surface area contributed by atoms with E-state index < -0.39 is 0 Å². The van der Waals surface area contributed by atoms with Crippen LogP contribution in [0.3, 0.4) is 0 Å². The number of rotatable bonds is 8. The first-order valence-electron chi connectivity index (χ1n) is 11.0. The molecule has 4 rings (SSSR count). The van der Waals surface area contributed by atoms with E-state index in [0.29, 0.717) is 0 Å². The van der Waals surface area contributed by atoms with Crippen molar-refractivity contribution in [3.63, 3.8) is 0 Å². The summed E-state index contributed by atoms with van der Waals surface area (Å²) in [7, 11) is 0. The van der Waals surface area contributed by atoms with Crippen molar-refractivity contribution in [2.75, 3.05) is 37.6 Å². The smallest absolute Gasteiger partial charge is 0.0648 e. The largest absolute Gasteiger partial charge is 0.369 e. The Balaban J connectivity index is 1.32. The molecule has 0 unspecified atom stereocenters. The number of para-hydroxylation sites is 2. The fourth-order valence-electron chi connectivity index (χ4n) is 4.18. The van der Waals surface area contributed by atoms with Crippen LogP contribution >= 0.6 is 0 Å². The molecule has 1 saturated heterocycles. The van der Waals surface area contributed by atoms with Crippen LogP contribution in [0.5, 0.6) is 0 Å². The highest BCUT2D eigenvalue weighted by molar-refractivity contribution is 5.46. The molecule has 0 N–H and O–H groups in total. The number of aromatic nitrogens is 2. The molecule has 2 heterocycles. The Kier molecular flexibility index (Phi) is 6.63. The number of anilines is 1. The number of benzene rings is 2. The van der Waals surface area contributed by atoms with Gasteiger partial charge in [-0.1, -0.05) is 49.7 Å². The van der Waals surface area contributed by atoms with Gasteiger partial charge < -0.3 is 4.90 Å². The van der Waals surface area contributed by atoms with Crippen molar-refractivity contribution in [3.05, 3.63) is 78.1 Å². The molecule has 0 amide bonds. The maximum absolute atomic E-state index is 4.88. The number of hydrogen-bond acceptors (Lipinski definition) is 3. The van der Waals surface area contributed by atoms with Gasteiger partial charge in [0.2, 0.25) is 0 Å². The van der Waals surface area contributed by atoms with Crippen LogP contribution < -0.4 is 4.90 Å². The van der Waals surface area contributed by atoms with Crippen molar-refractivity contribution in [1.29, 1.82) is 0 Å². The predicted octanol–water partition coefficient (Wildman–Crippen LogP) is 4.58. The molecule has 0 radical (unpaired) electrons. The zero-order chi connectivity index (χ0) is 19.9. The monoisotopic (exact) mass is 388 g/mol. The van der Waals surface area contributed by atoms with Crippen molar-refractivity contribution in [2.45, 2.75) is 32.6 Å². The summed E-state index contributed by atoms with van der Waals surface area (Å²) in [4.78, 5) is 5.10. The van der Waals surface area contributed by atoms with Gasteiger partial charge in [-0.3, -0.25) is 4.90 Å². The minimum absolute atomic E-state index is 1.05. The van der Waals surface area contributed by atoms with E-state index in [1.165, 1.54) is 29.2 Å². The molecule has 29 heavy (non-hydrogen) atoms. The van der Waals surface area contributed by atoms with Crippen LogP contribution in [0.15, 0.2) is 66.7 Å². The summed E-state index contributed by atoms with van der Waals surface area (Å²) in [5, 5.41) is 4.88. The van der Waals surface area contributed by atoms with Crippen molar-refractivity contribution < 1.29 is 0 Å². The Labute approximate surface area is 174 Å². The van der Waals surface area contributed by atoms with Crippen molar-refractivity contribution in [1.82, 2.24) is 14.7 Å². The third kappa shape index (κ3) is 5.07. The molecule has 0 bridgehead atoms. The number of hydrogen-bond donors (Lipinski definition) is 0. The summed E-state index contributed by atoms with van der Waals surface area (Å²) in [5.41, 5.74) is 5.06. The summed E-state index contributed by atoms with van der Waals surface area (Å²) in [5.74, 6) is 0. The zero-order valence-electron chi connectivity index (χ0n) is 17.5. The molecule has 1 aliphatic heterocycles. The first-order valence-corrected chi connectivity index (χ1v) is 11.0. The minimum atomic E-state index is 1.05. The number of piperazine rings is 1. The minimum Gasteiger partial charge on any atom is -0.369 e. The van der Waals surface area contributed by atoms with E-state index in [1.54, 1.807) is 0 Å². The summed E-state index contributed by atoms with van der Waals surface area (Å²) in [6, 6.07) is 23.6. The third-order valence-electron chi connectivity index (χ3n) is 5.74. The maximum atomic E-state index is 4.88. The second-order valence-electron chi connectivity index (χ2n) is 7.89. The number of aryl methyl sites for hydroxylation is 2. The highest BCUT2D eigenvalue weighted by atomic mass is 15.3. The van der Waals surface area contributed by atoms with E-state index in [9.17, 15) is 0 Å². The quantitative estimate of drug-likeness (QED) is 0.564. The zero-order valence-corrected chi connectivity index (χ0v) is 17.5. The van der Waals surface area contributed by atoms with Crippen LogP contribution in [0.1, 0.15) is 31.2 Å². The van der Waals surface area contributed by atoms with Crippen LogP contribution in [-0.2, 0) is 12.8 Å². The van der Waals surface area contributed by atoms with E-state index in [4.69, 9.17) is 5.10 Å². The van der Waals surface area contributed by atoms with Crippen LogP contribution in [0, 0.1) is 0 Å². The van der Waals surface area contributed by atoms with E-state index in [0.717, 1.165) is 52.0 Å². The molecule has 0 atom stereocenters. The summed E-state index contributed by atoms with van der Waals surface area (Å²) < 4.78 is 2.15. The van der Waals surface area contributed by atoms with Gasteiger partial charge >= 0.3 is 0 Å². The van der Waals surface area contributed by atoms with Crippen molar-refractivity contribution in [3.8, 4) is 5.69 Å². The van der Waals surface area contributed by atoms with Gasteiger partial charge in [0.1, 0.15) is 0 Å². The molecule has 1 fully saturated rings. The Morgan fingerprint density at radius 1 is 0.793 bits per heavy atom. The summed E-state index contributed by atoms with van der Waals surface area (Å²) in [6.07, 6.45) is 4.44.